The molecule has 0 amide bonds. The molecule has 5 nitrogen and oxygen atoms in total. The van der Waals surface area contributed by atoms with Gasteiger partial charge in [0.25, 0.3) is 0 Å². The Morgan fingerprint density at radius 3 is 2.25 bits per heavy atom. The SMILES string of the molecule is COC(C)C(C)(C(=O)O)N1CCN(C)CC1. The van der Waals surface area contributed by atoms with Gasteiger partial charge in [0.05, 0.1) is 6.10 Å². The molecule has 16 heavy (non-hydrogen) atoms. The average molecular weight is 230 g/mol. The highest BCUT2D eigenvalue weighted by molar-refractivity contribution is 5.79. The number of likely N-dealkylation sites (N-methyl/N-ethyl adjacent to an activating group) is 1. The Morgan fingerprint density at radius 1 is 1.38 bits per heavy atom. The third-order valence-electron chi connectivity index (χ3n) is 3.74. The first-order valence-electron chi connectivity index (χ1n) is 5.62. The standard InChI is InChI=1S/C11H22N2O3/c1-9(16-4)11(2,10(14)15)13-7-5-12(3)6-8-13/h9H,5-8H2,1-4H3,(H,14,15). The molecule has 0 aromatic rings. The molecular formula is C11H22N2O3. The first kappa shape index (κ1) is 13.4. The largest absolute Gasteiger partial charge is 0.480 e. The van der Waals surface area contributed by atoms with Gasteiger partial charge in [-0.15, -0.1) is 0 Å². The summed E-state index contributed by atoms with van der Waals surface area (Å²) in [4.78, 5) is 15.7. The van der Waals surface area contributed by atoms with Crippen LogP contribution in [0.2, 0.25) is 0 Å². The van der Waals surface area contributed by atoms with Crippen molar-refractivity contribution in [1.29, 1.82) is 0 Å². The predicted octanol–water partition coefficient (Wildman–Crippen LogP) is 0.112. The molecular weight excluding hydrogens is 208 g/mol. The molecule has 1 fully saturated rings. The maximum atomic E-state index is 11.5. The van der Waals surface area contributed by atoms with Crippen molar-refractivity contribution in [3.63, 3.8) is 0 Å². The lowest BCUT2D eigenvalue weighted by molar-refractivity contribution is -0.161. The second-order valence-electron chi connectivity index (χ2n) is 4.62. The van der Waals surface area contributed by atoms with Gasteiger partial charge in [-0.25, -0.2) is 0 Å². The van der Waals surface area contributed by atoms with Gasteiger partial charge in [-0.3, -0.25) is 9.69 Å². The molecule has 2 unspecified atom stereocenters. The van der Waals surface area contributed by atoms with E-state index in [2.05, 4.69) is 11.9 Å². The Balaban J connectivity index is 2.81. The Morgan fingerprint density at radius 2 is 1.88 bits per heavy atom. The van der Waals surface area contributed by atoms with Crippen LogP contribution in [0.4, 0.5) is 0 Å². The summed E-state index contributed by atoms with van der Waals surface area (Å²) in [6.45, 7) is 6.90. The molecule has 0 spiro atoms. The van der Waals surface area contributed by atoms with Crippen LogP contribution in [0.1, 0.15) is 13.8 Å². The fraction of sp³-hybridized carbons (Fsp3) is 0.909. The number of aliphatic carboxylic acids is 1. The minimum absolute atomic E-state index is 0.326. The Bertz CT molecular complexity index is 252. The highest BCUT2D eigenvalue weighted by Gasteiger charge is 2.45. The molecule has 1 saturated heterocycles. The number of ether oxygens (including phenoxy) is 1. The summed E-state index contributed by atoms with van der Waals surface area (Å²) >= 11 is 0. The highest BCUT2D eigenvalue weighted by Crippen LogP contribution is 2.23. The fourth-order valence-corrected chi connectivity index (χ4v) is 2.07. The zero-order chi connectivity index (χ0) is 12.3. The van der Waals surface area contributed by atoms with E-state index in [9.17, 15) is 9.90 Å². The number of rotatable bonds is 4. The molecule has 0 aromatic carbocycles. The predicted molar refractivity (Wildman–Crippen MR) is 61.6 cm³/mol. The van der Waals surface area contributed by atoms with E-state index in [4.69, 9.17) is 4.74 Å². The molecule has 0 radical (unpaired) electrons. The summed E-state index contributed by atoms with van der Waals surface area (Å²) in [5.41, 5.74) is -0.935. The summed E-state index contributed by atoms with van der Waals surface area (Å²) in [7, 11) is 3.61. The van der Waals surface area contributed by atoms with Crippen LogP contribution in [0.25, 0.3) is 0 Å². The van der Waals surface area contributed by atoms with Crippen molar-refractivity contribution in [2.24, 2.45) is 0 Å². The van der Waals surface area contributed by atoms with Gasteiger partial charge in [0.15, 0.2) is 0 Å². The third kappa shape index (κ3) is 2.36. The van der Waals surface area contributed by atoms with Crippen molar-refractivity contribution in [2.75, 3.05) is 40.3 Å². The van der Waals surface area contributed by atoms with Gasteiger partial charge < -0.3 is 14.7 Å². The summed E-state index contributed by atoms with van der Waals surface area (Å²) < 4.78 is 5.22. The lowest BCUT2D eigenvalue weighted by Crippen LogP contribution is -2.63. The van der Waals surface area contributed by atoms with Crippen LogP contribution in [0.5, 0.6) is 0 Å². The number of hydrogen-bond donors (Lipinski definition) is 1. The minimum Gasteiger partial charge on any atom is -0.480 e. The minimum atomic E-state index is -0.935. The molecule has 0 aromatic heterocycles. The van der Waals surface area contributed by atoms with E-state index in [-0.39, 0.29) is 6.10 Å². The molecule has 1 N–H and O–H groups in total. The maximum Gasteiger partial charge on any atom is 0.326 e. The van der Waals surface area contributed by atoms with E-state index >= 15 is 0 Å². The van der Waals surface area contributed by atoms with Gasteiger partial charge in [-0.05, 0) is 20.9 Å². The van der Waals surface area contributed by atoms with Gasteiger partial charge >= 0.3 is 5.97 Å². The number of piperazine rings is 1. The highest BCUT2D eigenvalue weighted by atomic mass is 16.5. The zero-order valence-corrected chi connectivity index (χ0v) is 10.6. The molecule has 1 heterocycles. The molecule has 1 aliphatic rings. The van der Waals surface area contributed by atoms with Gasteiger partial charge in [0.1, 0.15) is 5.54 Å². The van der Waals surface area contributed by atoms with Crippen molar-refractivity contribution >= 4 is 5.97 Å². The lowest BCUT2D eigenvalue weighted by Gasteiger charge is -2.44. The Kier molecular flexibility index (Phi) is 4.29. The number of methoxy groups -OCH3 is 1. The third-order valence-corrected chi connectivity index (χ3v) is 3.74. The van der Waals surface area contributed by atoms with E-state index < -0.39 is 11.5 Å². The summed E-state index contributed by atoms with van der Waals surface area (Å²) in [6.07, 6.45) is -0.326. The van der Waals surface area contributed by atoms with Crippen LogP contribution in [0.3, 0.4) is 0 Å². The normalized spacial score (nSPS) is 25.0. The topological polar surface area (TPSA) is 53.0 Å². The van der Waals surface area contributed by atoms with Crippen LogP contribution in [-0.4, -0.2) is 72.9 Å². The number of hydrogen-bond acceptors (Lipinski definition) is 4. The quantitative estimate of drug-likeness (QED) is 0.743. The van der Waals surface area contributed by atoms with E-state index in [1.165, 1.54) is 0 Å². The van der Waals surface area contributed by atoms with Crippen LogP contribution in [-0.2, 0) is 9.53 Å². The molecule has 2 atom stereocenters. The molecule has 94 valence electrons. The average Bonchev–Trinajstić information content (AvgIpc) is 2.27. The Labute approximate surface area is 97.0 Å². The second-order valence-corrected chi connectivity index (χ2v) is 4.62. The van der Waals surface area contributed by atoms with Crippen molar-refractivity contribution < 1.29 is 14.6 Å². The van der Waals surface area contributed by atoms with Crippen LogP contribution < -0.4 is 0 Å². The molecule has 0 saturated carbocycles. The molecule has 0 bridgehead atoms. The van der Waals surface area contributed by atoms with E-state index in [0.717, 1.165) is 26.2 Å². The Hall–Kier alpha value is -0.650. The monoisotopic (exact) mass is 230 g/mol. The van der Waals surface area contributed by atoms with Crippen LogP contribution >= 0.6 is 0 Å². The van der Waals surface area contributed by atoms with Gasteiger partial charge in [-0.1, -0.05) is 0 Å². The van der Waals surface area contributed by atoms with Crippen LogP contribution in [0.15, 0.2) is 0 Å². The number of carbonyl (C=O) groups is 1. The molecule has 1 rings (SSSR count). The van der Waals surface area contributed by atoms with Crippen LogP contribution in [0, 0.1) is 0 Å². The molecule has 5 heteroatoms. The van der Waals surface area contributed by atoms with Crippen molar-refractivity contribution in [3.8, 4) is 0 Å². The number of carboxylic acids is 1. The lowest BCUT2D eigenvalue weighted by atomic mass is 9.92. The van der Waals surface area contributed by atoms with Gasteiger partial charge in [0, 0.05) is 33.3 Å². The molecule has 0 aliphatic carbocycles. The summed E-state index contributed by atoms with van der Waals surface area (Å²) in [5, 5.41) is 9.42. The fourth-order valence-electron chi connectivity index (χ4n) is 2.07. The van der Waals surface area contributed by atoms with Gasteiger partial charge in [0.2, 0.25) is 0 Å². The summed E-state index contributed by atoms with van der Waals surface area (Å²) in [6, 6.07) is 0. The molecule has 1 aliphatic heterocycles. The first-order chi connectivity index (χ1) is 7.42. The number of nitrogens with zero attached hydrogens (tertiary/aromatic N) is 2. The van der Waals surface area contributed by atoms with E-state index in [0.29, 0.717) is 0 Å². The zero-order valence-electron chi connectivity index (χ0n) is 10.6. The maximum absolute atomic E-state index is 11.5. The second kappa shape index (κ2) is 5.12. The first-order valence-corrected chi connectivity index (χ1v) is 5.62. The van der Waals surface area contributed by atoms with Crippen molar-refractivity contribution in [1.82, 2.24) is 9.80 Å². The van der Waals surface area contributed by atoms with Crippen molar-refractivity contribution in [3.05, 3.63) is 0 Å². The van der Waals surface area contributed by atoms with E-state index in [1.54, 1.807) is 14.0 Å². The summed E-state index contributed by atoms with van der Waals surface area (Å²) in [5.74, 6) is -0.814. The van der Waals surface area contributed by atoms with Gasteiger partial charge in [-0.2, -0.15) is 0 Å². The number of carboxylic acid groups (broad SMARTS) is 1. The van der Waals surface area contributed by atoms with E-state index in [1.807, 2.05) is 11.8 Å². The van der Waals surface area contributed by atoms with Crippen molar-refractivity contribution in [2.45, 2.75) is 25.5 Å². The smallest absolute Gasteiger partial charge is 0.326 e.